The Balaban J connectivity index is 1.50. The van der Waals surface area contributed by atoms with E-state index in [1.807, 2.05) is 13.8 Å². The molecule has 0 atom stereocenters. The Bertz CT molecular complexity index is 1360. The van der Waals surface area contributed by atoms with Gasteiger partial charge in [0, 0.05) is 32.4 Å². The zero-order chi connectivity index (χ0) is 26.3. The van der Waals surface area contributed by atoms with Crippen LogP contribution in [0, 0.1) is 5.82 Å². The minimum absolute atomic E-state index is 0.00528. The number of carbonyl (C=O) groups excluding carboxylic acids is 1. The van der Waals surface area contributed by atoms with E-state index in [0.29, 0.717) is 31.7 Å². The molecule has 0 N–H and O–H groups in total. The first-order valence-corrected chi connectivity index (χ1v) is 15.4. The number of hydrogen-bond donors (Lipinski definition) is 0. The molecular formula is C25H31FN2O6S2. The fraction of sp³-hybridized carbons (Fsp3) is 0.480. The predicted octanol–water partition coefficient (Wildman–Crippen LogP) is 3.31. The summed E-state index contributed by atoms with van der Waals surface area (Å²) in [5, 5.41) is -0.428. The van der Waals surface area contributed by atoms with Crippen molar-refractivity contribution in [1.82, 2.24) is 4.90 Å². The molecular weight excluding hydrogens is 507 g/mol. The van der Waals surface area contributed by atoms with Crippen LogP contribution in [-0.4, -0.2) is 71.4 Å². The number of hydrogen-bond acceptors (Lipinski definition) is 7. The minimum atomic E-state index is -3.52. The number of ether oxygens (including phenoxy) is 1. The molecule has 2 aromatic rings. The number of nitrogens with zero attached hydrogens (tertiary/aromatic N) is 2. The molecule has 2 fully saturated rings. The molecule has 1 amide bonds. The van der Waals surface area contributed by atoms with Crippen LogP contribution in [0.15, 0.2) is 46.2 Å². The molecule has 1 heterocycles. The molecule has 0 bridgehead atoms. The smallest absolute Gasteiger partial charge is 0.257 e. The third-order valence-corrected chi connectivity index (χ3v) is 9.99. The molecule has 1 saturated heterocycles. The lowest BCUT2D eigenvalue weighted by molar-refractivity contribution is 0.0740. The molecule has 2 aliphatic rings. The molecule has 2 aromatic carbocycles. The van der Waals surface area contributed by atoms with Gasteiger partial charge in [-0.1, -0.05) is 6.42 Å². The Kier molecular flexibility index (Phi) is 7.34. The first-order chi connectivity index (χ1) is 16.9. The molecule has 0 spiro atoms. The third kappa shape index (κ3) is 5.36. The fourth-order valence-corrected chi connectivity index (χ4v) is 6.89. The minimum Gasteiger partial charge on any atom is -0.490 e. The molecule has 36 heavy (non-hydrogen) atoms. The Hall–Kier alpha value is -2.66. The number of sulfone groups is 2. The topological polar surface area (TPSA) is 101 Å². The van der Waals surface area contributed by atoms with E-state index in [2.05, 4.69) is 0 Å². The highest BCUT2D eigenvalue weighted by molar-refractivity contribution is 7.92. The highest BCUT2D eigenvalue weighted by Crippen LogP contribution is 2.33. The summed E-state index contributed by atoms with van der Waals surface area (Å²) in [5.41, 5.74) is 0.453. The number of anilines is 1. The van der Waals surface area contributed by atoms with Gasteiger partial charge >= 0.3 is 0 Å². The maximum atomic E-state index is 14.9. The number of carbonyl (C=O) groups is 1. The van der Waals surface area contributed by atoms with E-state index in [1.165, 1.54) is 30.3 Å². The fourth-order valence-electron chi connectivity index (χ4n) is 4.38. The first kappa shape index (κ1) is 26.4. The molecule has 196 valence electrons. The van der Waals surface area contributed by atoms with Gasteiger partial charge in [0.2, 0.25) is 0 Å². The summed E-state index contributed by atoms with van der Waals surface area (Å²) in [7, 11) is -7.04. The van der Waals surface area contributed by atoms with Gasteiger partial charge in [-0.3, -0.25) is 4.79 Å². The van der Waals surface area contributed by atoms with Crippen LogP contribution in [0.3, 0.4) is 0 Å². The van der Waals surface area contributed by atoms with Crippen molar-refractivity contribution in [3.63, 3.8) is 0 Å². The van der Waals surface area contributed by atoms with E-state index < -0.39 is 30.7 Å². The average molecular weight is 539 g/mol. The Morgan fingerprint density at radius 3 is 2.14 bits per heavy atom. The quantitative estimate of drug-likeness (QED) is 0.533. The van der Waals surface area contributed by atoms with E-state index in [9.17, 15) is 26.0 Å². The maximum Gasteiger partial charge on any atom is 0.257 e. The first-order valence-electron chi connectivity index (χ1n) is 12.0. The zero-order valence-electron chi connectivity index (χ0n) is 20.6. The van der Waals surface area contributed by atoms with Crippen molar-refractivity contribution in [2.24, 2.45) is 0 Å². The molecule has 0 unspecified atom stereocenters. The number of halogens is 1. The molecule has 1 aliphatic heterocycles. The Labute approximate surface area is 211 Å². The number of benzene rings is 2. The van der Waals surface area contributed by atoms with Gasteiger partial charge in [-0.25, -0.2) is 21.2 Å². The van der Waals surface area contributed by atoms with Crippen molar-refractivity contribution in [2.75, 3.05) is 37.3 Å². The van der Waals surface area contributed by atoms with Crippen LogP contribution in [0.25, 0.3) is 0 Å². The van der Waals surface area contributed by atoms with Crippen LogP contribution in [0.2, 0.25) is 0 Å². The summed E-state index contributed by atoms with van der Waals surface area (Å²) in [6.45, 7) is 4.87. The van der Waals surface area contributed by atoms with Crippen LogP contribution >= 0.6 is 0 Å². The van der Waals surface area contributed by atoms with Crippen molar-refractivity contribution in [3.8, 4) is 5.75 Å². The van der Waals surface area contributed by atoms with Crippen LogP contribution in [0.4, 0.5) is 10.1 Å². The van der Waals surface area contributed by atoms with Gasteiger partial charge in [0.25, 0.3) is 5.91 Å². The van der Waals surface area contributed by atoms with Crippen molar-refractivity contribution < 1.29 is 30.8 Å². The maximum absolute atomic E-state index is 14.9. The van der Waals surface area contributed by atoms with E-state index in [0.717, 1.165) is 18.7 Å². The van der Waals surface area contributed by atoms with Crippen LogP contribution in [-0.2, 0) is 19.7 Å². The lowest BCUT2D eigenvalue weighted by Gasteiger charge is -2.36. The molecule has 1 aliphatic carbocycles. The molecule has 11 heteroatoms. The van der Waals surface area contributed by atoms with Gasteiger partial charge in [0.15, 0.2) is 19.7 Å². The van der Waals surface area contributed by atoms with Crippen molar-refractivity contribution >= 4 is 31.3 Å². The highest BCUT2D eigenvalue weighted by Gasteiger charge is 2.33. The molecule has 0 aromatic heterocycles. The van der Waals surface area contributed by atoms with Gasteiger partial charge < -0.3 is 14.5 Å². The van der Waals surface area contributed by atoms with Gasteiger partial charge in [-0.15, -0.1) is 0 Å². The van der Waals surface area contributed by atoms with E-state index in [1.54, 1.807) is 9.80 Å². The van der Waals surface area contributed by atoms with Crippen molar-refractivity contribution in [2.45, 2.75) is 54.3 Å². The normalized spacial score (nSPS) is 17.2. The molecule has 4 rings (SSSR count). The van der Waals surface area contributed by atoms with Crippen LogP contribution in [0.5, 0.6) is 5.75 Å². The van der Waals surface area contributed by atoms with E-state index in [-0.39, 0.29) is 46.1 Å². The average Bonchev–Trinajstić information content (AvgIpc) is 2.76. The summed E-state index contributed by atoms with van der Waals surface area (Å²) >= 11 is 0. The van der Waals surface area contributed by atoms with Gasteiger partial charge in [0.1, 0.15) is 11.6 Å². The van der Waals surface area contributed by atoms with Crippen molar-refractivity contribution in [3.05, 3.63) is 47.8 Å². The second-order valence-corrected chi connectivity index (χ2v) is 13.8. The number of amides is 1. The largest absolute Gasteiger partial charge is 0.490 e. The van der Waals surface area contributed by atoms with Crippen LogP contribution < -0.4 is 9.64 Å². The summed E-state index contributed by atoms with van der Waals surface area (Å²) in [4.78, 5) is 16.7. The monoisotopic (exact) mass is 538 g/mol. The zero-order valence-corrected chi connectivity index (χ0v) is 22.2. The standard InChI is InChI=1S/C25H31FN2O6S2/c1-17(2)34-24-10-8-19(35(3,30)31)15-21(24)25(29)28-13-11-27(12-14-28)23-9-7-20(16-22(23)26)36(32,33)18-5-4-6-18/h7-10,15-18H,4-6,11-14H2,1-3H3. The summed E-state index contributed by atoms with van der Waals surface area (Å²) in [6.07, 6.45) is 2.96. The summed E-state index contributed by atoms with van der Waals surface area (Å²) in [5.74, 6) is -0.666. The van der Waals surface area contributed by atoms with Crippen LogP contribution in [0.1, 0.15) is 43.5 Å². The SMILES string of the molecule is CC(C)Oc1ccc(S(C)(=O)=O)cc1C(=O)N1CCN(c2ccc(S(=O)(=O)C3CCC3)cc2F)CC1. The van der Waals surface area contributed by atoms with Gasteiger partial charge in [0.05, 0.1) is 32.4 Å². The Morgan fingerprint density at radius 1 is 0.972 bits per heavy atom. The van der Waals surface area contributed by atoms with Gasteiger partial charge in [-0.05, 0) is 63.1 Å². The van der Waals surface area contributed by atoms with E-state index >= 15 is 0 Å². The molecule has 0 radical (unpaired) electrons. The van der Waals surface area contributed by atoms with E-state index in [4.69, 9.17) is 4.74 Å². The number of piperazine rings is 1. The van der Waals surface area contributed by atoms with Gasteiger partial charge in [-0.2, -0.15) is 0 Å². The number of rotatable bonds is 7. The second-order valence-electron chi connectivity index (χ2n) is 9.59. The predicted molar refractivity (Wildman–Crippen MR) is 135 cm³/mol. The summed E-state index contributed by atoms with van der Waals surface area (Å²) in [6, 6.07) is 8.28. The molecule has 8 nitrogen and oxygen atoms in total. The van der Waals surface area contributed by atoms with Crippen molar-refractivity contribution in [1.29, 1.82) is 0 Å². The Morgan fingerprint density at radius 2 is 1.61 bits per heavy atom. The highest BCUT2D eigenvalue weighted by atomic mass is 32.2. The third-order valence-electron chi connectivity index (χ3n) is 6.62. The lowest BCUT2D eigenvalue weighted by Crippen LogP contribution is -2.49. The second kappa shape index (κ2) is 10.0. The summed E-state index contributed by atoms with van der Waals surface area (Å²) < 4.78 is 70.0. The molecule has 1 saturated carbocycles. The lowest BCUT2D eigenvalue weighted by atomic mass is 10.00.